The molecular formula is C24H30N2O4. The number of carbonyl (C=O) groups is 2. The second kappa shape index (κ2) is 8.25. The van der Waals surface area contributed by atoms with E-state index >= 15 is 0 Å². The van der Waals surface area contributed by atoms with Gasteiger partial charge in [-0.25, -0.2) is 0 Å². The molecule has 6 nitrogen and oxygen atoms in total. The van der Waals surface area contributed by atoms with Gasteiger partial charge in [0.05, 0.1) is 12.0 Å². The van der Waals surface area contributed by atoms with Crippen molar-refractivity contribution in [2.45, 2.75) is 46.5 Å². The topological polar surface area (TPSA) is 72.6 Å². The minimum absolute atomic E-state index is 0.172. The van der Waals surface area contributed by atoms with Crippen LogP contribution in [0.25, 0.3) is 11.3 Å². The van der Waals surface area contributed by atoms with Gasteiger partial charge in [0.15, 0.2) is 0 Å². The minimum Gasteiger partial charge on any atom is -0.466 e. The molecule has 30 heavy (non-hydrogen) atoms. The Kier molecular flexibility index (Phi) is 5.67. The molecule has 1 aliphatic carbocycles. The maximum Gasteiger partial charge on any atom is 0.312 e. The van der Waals surface area contributed by atoms with Crippen LogP contribution < -0.4 is 0 Å². The number of nitrogens with zero attached hydrogens (tertiary/aromatic N) is 2. The summed E-state index contributed by atoms with van der Waals surface area (Å²) in [7, 11) is 0. The quantitative estimate of drug-likeness (QED) is 0.673. The Morgan fingerprint density at radius 3 is 2.63 bits per heavy atom. The van der Waals surface area contributed by atoms with Gasteiger partial charge in [0.25, 0.3) is 0 Å². The molecule has 0 spiro atoms. The molecule has 160 valence electrons. The third kappa shape index (κ3) is 4.13. The number of piperidine rings is 1. The fraction of sp³-hybridized carbons (Fsp3) is 0.542. The lowest BCUT2D eigenvalue weighted by Gasteiger charge is -2.39. The Hall–Kier alpha value is -2.63. The van der Waals surface area contributed by atoms with E-state index in [0.29, 0.717) is 50.6 Å². The first kappa shape index (κ1) is 20.6. The summed E-state index contributed by atoms with van der Waals surface area (Å²) in [4.78, 5) is 27.5. The molecule has 0 bridgehead atoms. The summed E-state index contributed by atoms with van der Waals surface area (Å²) in [5.41, 5.74) is 2.24. The van der Waals surface area contributed by atoms with Gasteiger partial charge in [-0.1, -0.05) is 35.8 Å². The summed E-state index contributed by atoms with van der Waals surface area (Å²) in [6.07, 6.45) is 2.59. The lowest BCUT2D eigenvalue weighted by atomic mass is 9.74. The first-order valence-electron chi connectivity index (χ1n) is 10.9. The van der Waals surface area contributed by atoms with Crippen LogP contribution in [0.2, 0.25) is 0 Å². The van der Waals surface area contributed by atoms with Crippen LogP contribution in [-0.2, 0) is 20.7 Å². The molecule has 1 saturated carbocycles. The van der Waals surface area contributed by atoms with Gasteiger partial charge in [0, 0.05) is 37.1 Å². The van der Waals surface area contributed by atoms with E-state index in [9.17, 15) is 9.59 Å². The molecule has 0 N–H and O–H groups in total. The minimum atomic E-state index is -0.675. The number of hydrogen-bond acceptors (Lipinski definition) is 5. The average molecular weight is 411 g/mol. The zero-order valence-electron chi connectivity index (χ0n) is 18.0. The van der Waals surface area contributed by atoms with Crippen molar-refractivity contribution < 1.29 is 18.8 Å². The Morgan fingerprint density at radius 1 is 1.27 bits per heavy atom. The number of carbonyl (C=O) groups excluding carboxylic acids is 2. The summed E-state index contributed by atoms with van der Waals surface area (Å²) >= 11 is 0. The monoisotopic (exact) mass is 410 g/mol. The average Bonchev–Trinajstić information content (AvgIpc) is 3.29. The van der Waals surface area contributed by atoms with Crippen LogP contribution in [0.5, 0.6) is 0 Å². The highest BCUT2D eigenvalue weighted by atomic mass is 16.5. The van der Waals surface area contributed by atoms with E-state index in [1.165, 1.54) is 0 Å². The van der Waals surface area contributed by atoms with Crippen LogP contribution >= 0.6 is 0 Å². The summed E-state index contributed by atoms with van der Waals surface area (Å²) in [5, 5.41) is 4.22. The molecule has 1 amide bonds. The smallest absolute Gasteiger partial charge is 0.312 e. The first-order valence-corrected chi connectivity index (χ1v) is 10.9. The number of esters is 1. The van der Waals surface area contributed by atoms with Crippen LogP contribution in [0.15, 0.2) is 34.9 Å². The lowest BCUT2D eigenvalue weighted by Crippen LogP contribution is -2.48. The molecule has 2 fully saturated rings. The molecule has 2 aromatic rings. The first-order chi connectivity index (χ1) is 14.4. The van der Waals surface area contributed by atoms with Gasteiger partial charge in [-0.3, -0.25) is 9.59 Å². The number of aromatic nitrogens is 1. The molecule has 2 aliphatic rings. The van der Waals surface area contributed by atoms with Gasteiger partial charge in [-0.05, 0) is 45.1 Å². The standard InChI is InChI=1S/C24H30N2O4/c1-4-29-23(28)24(8-10-26(11-9-24)22(27)20-13-17(20)3)15-19-14-21(25-30-19)18-7-5-6-16(2)12-18/h5-7,12,14,17,20H,4,8-11,13,15H2,1-3H3/t17-,20+/m1/s1. The SMILES string of the molecule is CCOC(=O)C1(Cc2cc(-c3cccc(C)c3)no2)CCN(C(=O)[C@H]2C[C@H]2C)CC1. The maximum absolute atomic E-state index is 12.9. The van der Waals surface area contributed by atoms with Crippen molar-refractivity contribution in [3.63, 3.8) is 0 Å². The fourth-order valence-corrected chi connectivity index (χ4v) is 4.46. The largest absolute Gasteiger partial charge is 0.466 e. The Bertz CT molecular complexity index is 927. The fourth-order valence-electron chi connectivity index (χ4n) is 4.46. The lowest BCUT2D eigenvalue weighted by molar-refractivity contribution is -0.160. The van der Waals surface area contributed by atoms with Crippen molar-refractivity contribution in [1.29, 1.82) is 0 Å². The van der Waals surface area contributed by atoms with Crippen LogP contribution in [0.1, 0.15) is 44.4 Å². The maximum atomic E-state index is 12.9. The molecule has 1 aromatic heterocycles. The van der Waals surface area contributed by atoms with E-state index < -0.39 is 5.41 Å². The number of likely N-dealkylation sites (tertiary alicyclic amines) is 1. The van der Waals surface area contributed by atoms with E-state index in [1.807, 2.05) is 43.0 Å². The highest BCUT2D eigenvalue weighted by Crippen LogP contribution is 2.42. The van der Waals surface area contributed by atoms with Crippen molar-refractivity contribution >= 4 is 11.9 Å². The molecular weight excluding hydrogens is 380 g/mol. The summed E-state index contributed by atoms with van der Waals surface area (Å²) in [5.74, 6) is 1.37. The second-order valence-electron chi connectivity index (χ2n) is 8.87. The molecule has 0 radical (unpaired) electrons. The van der Waals surface area contributed by atoms with Crippen LogP contribution in [-0.4, -0.2) is 41.6 Å². The van der Waals surface area contributed by atoms with Gasteiger partial charge in [-0.15, -0.1) is 0 Å². The normalized spacial score (nSPS) is 22.6. The molecule has 1 aromatic carbocycles. The van der Waals surface area contributed by atoms with Crippen molar-refractivity contribution in [3.8, 4) is 11.3 Å². The summed E-state index contributed by atoms with van der Waals surface area (Å²) < 4.78 is 11.0. The number of benzene rings is 1. The highest BCUT2D eigenvalue weighted by molar-refractivity contribution is 5.82. The Morgan fingerprint density at radius 2 is 2.00 bits per heavy atom. The van der Waals surface area contributed by atoms with Crippen LogP contribution in [0.3, 0.4) is 0 Å². The molecule has 1 saturated heterocycles. The van der Waals surface area contributed by atoms with Crippen molar-refractivity contribution in [3.05, 3.63) is 41.7 Å². The van der Waals surface area contributed by atoms with Crippen LogP contribution in [0, 0.1) is 24.2 Å². The van der Waals surface area contributed by atoms with E-state index in [0.717, 1.165) is 23.2 Å². The molecule has 1 aliphatic heterocycles. The third-order valence-corrected chi connectivity index (χ3v) is 6.55. The molecule has 2 atom stereocenters. The van der Waals surface area contributed by atoms with E-state index in [2.05, 4.69) is 18.1 Å². The van der Waals surface area contributed by atoms with Crippen molar-refractivity contribution in [1.82, 2.24) is 10.1 Å². The summed E-state index contributed by atoms with van der Waals surface area (Å²) in [6, 6.07) is 10.0. The predicted octanol–water partition coefficient (Wildman–Crippen LogP) is 4.02. The third-order valence-electron chi connectivity index (χ3n) is 6.55. The zero-order chi connectivity index (χ0) is 21.3. The number of ether oxygens (including phenoxy) is 1. The second-order valence-corrected chi connectivity index (χ2v) is 8.87. The van der Waals surface area contributed by atoms with Gasteiger partial charge in [-0.2, -0.15) is 0 Å². The van der Waals surface area contributed by atoms with E-state index in [4.69, 9.17) is 9.26 Å². The van der Waals surface area contributed by atoms with Crippen molar-refractivity contribution in [2.75, 3.05) is 19.7 Å². The summed E-state index contributed by atoms with van der Waals surface area (Å²) in [6.45, 7) is 7.49. The number of hydrogen-bond donors (Lipinski definition) is 0. The molecule has 2 heterocycles. The Labute approximate surface area is 177 Å². The van der Waals surface area contributed by atoms with Gasteiger partial charge >= 0.3 is 5.97 Å². The number of amides is 1. The van der Waals surface area contributed by atoms with Crippen LogP contribution in [0.4, 0.5) is 0 Å². The number of aryl methyl sites for hydroxylation is 1. The van der Waals surface area contributed by atoms with Crippen molar-refractivity contribution in [2.24, 2.45) is 17.3 Å². The zero-order valence-corrected chi connectivity index (χ0v) is 18.0. The van der Waals surface area contributed by atoms with Gasteiger partial charge in [0.1, 0.15) is 11.5 Å². The molecule has 4 rings (SSSR count). The molecule has 6 heteroatoms. The van der Waals surface area contributed by atoms with E-state index in [-0.39, 0.29) is 17.8 Å². The highest BCUT2D eigenvalue weighted by Gasteiger charge is 2.47. The van der Waals surface area contributed by atoms with E-state index in [1.54, 1.807) is 0 Å². The molecule has 0 unspecified atom stereocenters. The van der Waals surface area contributed by atoms with Gasteiger partial charge < -0.3 is 14.2 Å². The number of rotatable bonds is 6. The van der Waals surface area contributed by atoms with Gasteiger partial charge in [0.2, 0.25) is 5.91 Å². The Balaban J connectivity index is 1.50. The predicted molar refractivity (Wildman–Crippen MR) is 113 cm³/mol.